The average Bonchev–Trinajstić information content (AvgIpc) is 2.91. The van der Waals surface area contributed by atoms with Crippen LogP contribution in [0.5, 0.6) is 5.75 Å². The number of ether oxygens (including phenoxy) is 1. The summed E-state index contributed by atoms with van der Waals surface area (Å²) in [5, 5.41) is 24.3. The van der Waals surface area contributed by atoms with E-state index in [2.05, 4.69) is 34.5 Å². The van der Waals surface area contributed by atoms with Gasteiger partial charge >= 0.3 is 0 Å². The van der Waals surface area contributed by atoms with Gasteiger partial charge in [-0.05, 0) is 77.8 Å². The minimum Gasteiger partial charge on any atom is -0.482 e. The zero-order valence-electron chi connectivity index (χ0n) is 21.5. The van der Waals surface area contributed by atoms with E-state index in [1.807, 2.05) is 24.3 Å². The number of hydrogen-bond acceptors (Lipinski definition) is 5. The fourth-order valence-corrected chi connectivity index (χ4v) is 5.38. The van der Waals surface area contributed by atoms with Crippen LogP contribution in [0.1, 0.15) is 37.7 Å². The van der Waals surface area contributed by atoms with E-state index in [9.17, 15) is 19.8 Å². The maximum Gasteiger partial charge on any atom is 0.247 e. The molecule has 0 saturated carbocycles. The molecule has 0 saturated heterocycles. The molecule has 3 atom stereocenters. The van der Waals surface area contributed by atoms with Crippen molar-refractivity contribution in [3.63, 3.8) is 0 Å². The molecule has 7 nitrogen and oxygen atoms in total. The van der Waals surface area contributed by atoms with Gasteiger partial charge in [-0.1, -0.05) is 47.5 Å². The molecule has 0 bridgehead atoms. The number of benzene rings is 2. The number of amides is 2. The third-order valence-corrected chi connectivity index (χ3v) is 7.92. The molecule has 3 rings (SSSR count). The minimum absolute atomic E-state index is 0.0812. The molecule has 2 aromatic rings. The van der Waals surface area contributed by atoms with Crippen LogP contribution in [0.25, 0.3) is 0 Å². The van der Waals surface area contributed by atoms with Crippen LogP contribution in [0, 0.1) is 3.57 Å². The number of carbonyl (C=O) groups excluding carboxylic acids is 2. The Kier molecular flexibility index (Phi) is 12.6. The van der Waals surface area contributed by atoms with Crippen LogP contribution in [0.4, 0.5) is 0 Å². The van der Waals surface area contributed by atoms with E-state index in [4.69, 9.17) is 27.9 Å². The maximum absolute atomic E-state index is 13.6. The van der Waals surface area contributed by atoms with Crippen molar-refractivity contribution in [2.75, 3.05) is 13.2 Å². The highest BCUT2D eigenvalue weighted by atomic mass is 127. The Morgan fingerprint density at radius 3 is 2.67 bits per heavy atom. The normalized spacial score (nSPS) is 18.7. The fraction of sp³-hybridized carbons (Fsp3) is 0.379. The topological polar surface area (TPSA) is 99.1 Å². The first kappa shape index (κ1) is 31.4. The Morgan fingerprint density at radius 1 is 1.21 bits per heavy atom. The predicted molar refractivity (Wildman–Crippen MR) is 162 cm³/mol. The number of allylic oxidation sites excluding steroid dienone is 1. The van der Waals surface area contributed by atoms with Gasteiger partial charge in [-0.15, -0.1) is 6.58 Å². The summed E-state index contributed by atoms with van der Waals surface area (Å²) in [5.41, 5.74) is 1.03. The van der Waals surface area contributed by atoms with E-state index < -0.39 is 18.2 Å². The van der Waals surface area contributed by atoms with Gasteiger partial charge in [0.15, 0.2) is 0 Å². The molecule has 0 aliphatic heterocycles. The van der Waals surface area contributed by atoms with E-state index in [1.165, 1.54) is 0 Å². The molecular formula is C29H33Cl2IN2O5. The first-order chi connectivity index (χ1) is 18.7. The number of aliphatic hydroxyl groups excluding tert-OH is 2. The zero-order valence-corrected chi connectivity index (χ0v) is 25.2. The highest BCUT2D eigenvalue weighted by Gasteiger charge is 2.40. The summed E-state index contributed by atoms with van der Waals surface area (Å²) in [4.78, 5) is 28.2. The average molecular weight is 687 g/mol. The van der Waals surface area contributed by atoms with E-state index in [0.29, 0.717) is 33.4 Å². The number of nitrogens with one attached hydrogen (secondary N) is 1. The van der Waals surface area contributed by atoms with Crippen LogP contribution in [0.2, 0.25) is 10.0 Å². The maximum atomic E-state index is 13.6. The van der Waals surface area contributed by atoms with Crippen LogP contribution < -0.4 is 10.1 Å². The number of carbonyl (C=O) groups is 2. The van der Waals surface area contributed by atoms with Crippen molar-refractivity contribution >= 4 is 57.6 Å². The summed E-state index contributed by atoms with van der Waals surface area (Å²) < 4.78 is 7.03. The number of unbranched alkanes of at least 4 members (excludes halogenated alkanes) is 2. The molecule has 0 fully saturated rings. The van der Waals surface area contributed by atoms with Crippen LogP contribution in [-0.2, 0) is 16.1 Å². The van der Waals surface area contributed by atoms with Crippen molar-refractivity contribution in [2.24, 2.45) is 0 Å². The lowest BCUT2D eigenvalue weighted by atomic mass is 9.87. The summed E-state index contributed by atoms with van der Waals surface area (Å²) in [6.07, 6.45) is 4.02. The van der Waals surface area contributed by atoms with Crippen LogP contribution in [-0.4, -0.2) is 58.3 Å². The number of rotatable bonds is 13. The third-order valence-electron chi connectivity index (χ3n) is 6.44. The summed E-state index contributed by atoms with van der Waals surface area (Å²) in [6, 6.07) is 11.7. The first-order valence-corrected chi connectivity index (χ1v) is 14.6. The van der Waals surface area contributed by atoms with E-state index >= 15 is 0 Å². The quantitative estimate of drug-likeness (QED) is 0.151. The van der Waals surface area contributed by atoms with Crippen LogP contribution >= 0.6 is 45.8 Å². The first-order valence-electron chi connectivity index (χ1n) is 12.8. The second-order valence-electron chi connectivity index (χ2n) is 9.24. The predicted octanol–water partition coefficient (Wildman–Crippen LogP) is 5.29. The van der Waals surface area contributed by atoms with Gasteiger partial charge in [0.05, 0.1) is 16.2 Å². The molecule has 0 spiro atoms. The van der Waals surface area contributed by atoms with Crippen molar-refractivity contribution in [3.8, 4) is 5.75 Å². The van der Waals surface area contributed by atoms with Gasteiger partial charge in [0.1, 0.15) is 18.0 Å². The lowest BCUT2D eigenvalue weighted by molar-refractivity contribution is -0.139. The van der Waals surface area contributed by atoms with Crippen LogP contribution in [0.3, 0.4) is 0 Å². The molecular weight excluding hydrogens is 654 g/mol. The van der Waals surface area contributed by atoms with E-state index in [0.717, 1.165) is 16.4 Å². The van der Waals surface area contributed by atoms with Gasteiger partial charge in [0, 0.05) is 41.5 Å². The Labute approximate surface area is 253 Å². The smallest absolute Gasteiger partial charge is 0.247 e. The zero-order chi connectivity index (χ0) is 28.4. The lowest BCUT2D eigenvalue weighted by Crippen LogP contribution is -2.54. The van der Waals surface area contributed by atoms with Crippen molar-refractivity contribution in [1.82, 2.24) is 10.2 Å². The van der Waals surface area contributed by atoms with Gasteiger partial charge in [-0.3, -0.25) is 9.59 Å². The highest BCUT2D eigenvalue weighted by molar-refractivity contribution is 14.1. The third kappa shape index (κ3) is 8.94. The molecule has 0 radical (unpaired) electrons. The van der Waals surface area contributed by atoms with Crippen molar-refractivity contribution in [2.45, 2.75) is 56.9 Å². The standard InChI is InChI=1S/C29H33Cl2IN2O5/c1-2-3-4-5-10-27(36)34(18-19-11-12-21(30)17-22(19)31)24-15-20(29(38)33-13-14-35)16-26(28(24)37)39-25-9-7-6-8-23(25)32/h2,6-9,11-12,16-17,24,26,28,35,37H,1,3-5,10,13-15,18H2,(H,33,38). The molecule has 2 amide bonds. The molecule has 0 aromatic heterocycles. The van der Waals surface area contributed by atoms with Gasteiger partial charge in [0.25, 0.3) is 0 Å². The summed E-state index contributed by atoms with van der Waals surface area (Å²) in [7, 11) is 0. The summed E-state index contributed by atoms with van der Waals surface area (Å²) in [5.74, 6) is -0.00313. The number of para-hydroxylation sites is 1. The Morgan fingerprint density at radius 2 is 1.97 bits per heavy atom. The SMILES string of the molecule is C=CCCCCC(=O)N(Cc1ccc(Cl)cc1Cl)C1CC(C(=O)NCCO)=CC(Oc2ccccc2I)C1O. The van der Waals surface area contributed by atoms with Gasteiger partial charge in [-0.2, -0.15) is 0 Å². The summed E-state index contributed by atoms with van der Waals surface area (Å²) in [6.45, 7) is 3.73. The second-order valence-corrected chi connectivity index (χ2v) is 11.2. The number of nitrogens with zero attached hydrogens (tertiary/aromatic N) is 1. The Bertz CT molecular complexity index is 1190. The molecule has 210 valence electrons. The molecule has 3 N–H and O–H groups in total. The van der Waals surface area contributed by atoms with E-state index in [1.54, 1.807) is 35.2 Å². The molecule has 1 aliphatic rings. The number of aliphatic hydroxyl groups is 2. The molecule has 3 unspecified atom stereocenters. The summed E-state index contributed by atoms with van der Waals surface area (Å²) >= 11 is 14.7. The van der Waals surface area contributed by atoms with Gasteiger partial charge in [0.2, 0.25) is 11.8 Å². The van der Waals surface area contributed by atoms with Crippen molar-refractivity contribution in [3.05, 3.63) is 85.9 Å². The largest absolute Gasteiger partial charge is 0.482 e. The molecule has 0 heterocycles. The molecule has 2 aromatic carbocycles. The number of halogens is 3. The van der Waals surface area contributed by atoms with Crippen molar-refractivity contribution in [1.29, 1.82) is 0 Å². The Balaban J connectivity index is 1.97. The minimum atomic E-state index is -1.13. The van der Waals surface area contributed by atoms with Crippen LogP contribution in [0.15, 0.2) is 66.8 Å². The second kappa shape index (κ2) is 15.6. The van der Waals surface area contributed by atoms with Gasteiger partial charge in [-0.25, -0.2) is 0 Å². The fourth-order valence-electron chi connectivity index (χ4n) is 4.40. The lowest BCUT2D eigenvalue weighted by Gasteiger charge is -2.41. The monoisotopic (exact) mass is 686 g/mol. The van der Waals surface area contributed by atoms with Crippen molar-refractivity contribution < 1.29 is 24.5 Å². The molecule has 39 heavy (non-hydrogen) atoms. The van der Waals surface area contributed by atoms with E-state index in [-0.39, 0.29) is 44.4 Å². The number of hydrogen-bond donors (Lipinski definition) is 3. The van der Waals surface area contributed by atoms with Gasteiger partial charge < -0.3 is 25.2 Å². The molecule has 10 heteroatoms. The highest BCUT2D eigenvalue weighted by Crippen LogP contribution is 2.32. The Hall–Kier alpha value is -2.11. The molecule has 1 aliphatic carbocycles.